The van der Waals surface area contributed by atoms with Crippen molar-refractivity contribution in [3.8, 4) is 0 Å². The fraction of sp³-hybridized carbons (Fsp3) is 0.532. The van der Waals surface area contributed by atoms with Crippen LogP contribution < -0.4 is 0 Å². The Morgan fingerprint density at radius 2 is 0.982 bits per heavy atom. The Balaban J connectivity index is 2.18. The Morgan fingerprint density at radius 1 is 0.561 bits per heavy atom. The molecule has 0 bridgehead atoms. The van der Waals surface area contributed by atoms with E-state index in [9.17, 15) is 14.2 Å². The summed E-state index contributed by atoms with van der Waals surface area (Å²) in [5.74, 6) is -1.10. The summed E-state index contributed by atoms with van der Waals surface area (Å²) in [7, 11) is -4.80. The molecular weight excluding hydrogens is 739 g/mol. The molecule has 9 nitrogen and oxygen atoms in total. The minimum atomic E-state index is -4.80. The summed E-state index contributed by atoms with van der Waals surface area (Å²) in [5.41, 5.74) is 0. The van der Waals surface area contributed by atoms with Gasteiger partial charge in [-0.2, -0.15) is 0 Å². The highest BCUT2D eigenvalue weighted by Crippen LogP contribution is 2.36. The van der Waals surface area contributed by atoms with Gasteiger partial charge in [0, 0.05) is 12.8 Å². The van der Waals surface area contributed by atoms with Crippen molar-refractivity contribution in [2.75, 3.05) is 13.2 Å². The number of hydrogen-bond acceptors (Lipinski definition) is 7. The molecule has 0 spiro atoms. The third-order valence-corrected chi connectivity index (χ3v) is 8.88. The van der Waals surface area contributed by atoms with Crippen LogP contribution in [0.1, 0.15) is 129 Å². The van der Waals surface area contributed by atoms with Gasteiger partial charge in [-0.1, -0.05) is 148 Å². The number of epoxide rings is 1. The molecule has 57 heavy (non-hydrogen) atoms. The molecular formula is C47H71O9P. The Morgan fingerprint density at radius 3 is 1.44 bits per heavy atom. The van der Waals surface area contributed by atoms with Crippen molar-refractivity contribution >= 4 is 19.8 Å². The van der Waals surface area contributed by atoms with Crippen LogP contribution in [-0.4, -0.2) is 53.3 Å². The minimum absolute atomic E-state index is 0.0625. The molecule has 318 valence electrons. The average Bonchev–Trinajstić information content (AvgIpc) is 3.94. The summed E-state index contributed by atoms with van der Waals surface area (Å²) < 4.78 is 31.9. The van der Waals surface area contributed by atoms with Crippen molar-refractivity contribution < 1.29 is 42.7 Å². The summed E-state index contributed by atoms with van der Waals surface area (Å²) in [5, 5.41) is 0. The van der Waals surface area contributed by atoms with Crippen molar-refractivity contribution in [2.24, 2.45) is 0 Å². The summed E-state index contributed by atoms with van der Waals surface area (Å²) in [4.78, 5) is 42.8. The van der Waals surface area contributed by atoms with Gasteiger partial charge in [0.15, 0.2) is 6.10 Å². The van der Waals surface area contributed by atoms with Crippen LogP contribution in [0.4, 0.5) is 0 Å². The van der Waals surface area contributed by atoms with E-state index in [0.29, 0.717) is 25.0 Å². The van der Waals surface area contributed by atoms with E-state index in [0.717, 1.165) is 64.2 Å². The first-order valence-electron chi connectivity index (χ1n) is 21.0. The maximum Gasteiger partial charge on any atom is 0.469 e. The highest BCUT2D eigenvalue weighted by atomic mass is 31.2. The van der Waals surface area contributed by atoms with Crippen molar-refractivity contribution in [2.45, 2.75) is 148 Å². The van der Waals surface area contributed by atoms with Crippen LogP contribution in [0, 0.1) is 0 Å². The number of rotatable bonds is 35. The van der Waals surface area contributed by atoms with Crippen LogP contribution in [0.3, 0.4) is 0 Å². The highest BCUT2D eigenvalue weighted by Gasteiger charge is 2.35. The molecule has 0 aromatic rings. The summed E-state index contributed by atoms with van der Waals surface area (Å²) in [6, 6.07) is 0. The number of allylic oxidation sites excluding steroid dienone is 18. The molecule has 1 aliphatic heterocycles. The first kappa shape index (κ1) is 51.4. The quantitative estimate of drug-likeness (QED) is 0.0211. The van der Waals surface area contributed by atoms with Gasteiger partial charge in [0.25, 0.3) is 0 Å². The summed E-state index contributed by atoms with van der Waals surface area (Å²) in [6.45, 7) is 3.39. The van der Waals surface area contributed by atoms with Gasteiger partial charge >= 0.3 is 19.8 Å². The first-order chi connectivity index (χ1) is 27.7. The van der Waals surface area contributed by atoms with E-state index in [1.807, 2.05) is 24.3 Å². The average molecular weight is 811 g/mol. The van der Waals surface area contributed by atoms with Gasteiger partial charge in [-0.3, -0.25) is 14.1 Å². The number of hydrogen-bond donors (Lipinski definition) is 2. The molecule has 0 radical (unpaired) electrons. The van der Waals surface area contributed by atoms with Gasteiger partial charge in [0.2, 0.25) is 0 Å². The molecule has 0 saturated carbocycles. The highest BCUT2D eigenvalue weighted by molar-refractivity contribution is 7.46. The number of ether oxygens (including phenoxy) is 3. The number of phosphoric ester groups is 1. The van der Waals surface area contributed by atoms with E-state index < -0.39 is 32.5 Å². The van der Waals surface area contributed by atoms with E-state index in [1.54, 1.807) is 0 Å². The lowest BCUT2D eigenvalue weighted by Crippen LogP contribution is -2.29. The van der Waals surface area contributed by atoms with Crippen LogP contribution in [0.25, 0.3) is 0 Å². The Labute approximate surface area is 344 Å². The fourth-order valence-electron chi connectivity index (χ4n) is 5.19. The lowest BCUT2D eigenvalue weighted by molar-refractivity contribution is -0.161. The van der Waals surface area contributed by atoms with Gasteiger partial charge in [-0.15, -0.1) is 0 Å². The Kier molecular flexibility index (Phi) is 33.1. The van der Waals surface area contributed by atoms with E-state index in [1.165, 1.54) is 25.7 Å². The molecule has 0 aromatic heterocycles. The molecule has 1 heterocycles. The van der Waals surface area contributed by atoms with Crippen LogP contribution in [0.15, 0.2) is 122 Å². The third kappa shape index (κ3) is 36.5. The number of carbonyl (C=O) groups excluding carboxylic acids is 2. The van der Waals surface area contributed by atoms with E-state index in [-0.39, 0.29) is 19.4 Å². The monoisotopic (exact) mass is 810 g/mol. The second-order valence-electron chi connectivity index (χ2n) is 13.6. The van der Waals surface area contributed by atoms with Gasteiger partial charge in [-0.05, 0) is 89.9 Å². The van der Waals surface area contributed by atoms with Crippen LogP contribution in [0.5, 0.6) is 0 Å². The summed E-state index contributed by atoms with van der Waals surface area (Å²) in [6.07, 6.45) is 57.0. The van der Waals surface area contributed by atoms with Gasteiger partial charge in [0.05, 0.1) is 18.8 Å². The Bertz CT molecular complexity index is 1390. The molecule has 1 aliphatic rings. The lowest BCUT2D eigenvalue weighted by Gasteiger charge is -2.18. The SMILES string of the molecule is CC/C=C\CC1OC1C/C=C\C/C=C\C/C=C\C/C=C\CCC(=O)OC[C@H](COP(=O)(O)O)OC(=O)CC/C=C\C/C=C\C/C=C\C/C=C\C/C=C\CCCCC. The smallest absolute Gasteiger partial charge is 0.462 e. The second-order valence-corrected chi connectivity index (χ2v) is 14.9. The minimum Gasteiger partial charge on any atom is -0.462 e. The van der Waals surface area contributed by atoms with Gasteiger partial charge in [-0.25, -0.2) is 4.57 Å². The van der Waals surface area contributed by atoms with Crippen LogP contribution in [-0.2, 0) is 32.9 Å². The zero-order valence-electron chi connectivity index (χ0n) is 34.6. The first-order valence-corrected chi connectivity index (χ1v) is 22.5. The molecule has 10 heteroatoms. The zero-order valence-corrected chi connectivity index (χ0v) is 35.5. The van der Waals surface area contributed by atoms with Crippen molar-refractivity contribution in [3.05, 3.63) is 122 Å². The zero-order chi connectivity index (χ0) is 41.5. The second kappa shape index (κ2) is 36.7. The topological polar surface area (TPSA) is 132 Å². The lowest BCUT2D eigenvalue weighted by atomic mass is 10.1. The third-order valence-electron chi connectivity index (χ3n) is 8.39. The normalized spacial score (nSPS) is 17.3. The number of unbranched alkanes of at least 4 members (excludes halogenated alkanes) is 3. The van der Waals surface area contributed by atoms with Gasteiger partial charge in [0.1, 0.15) is 6.61 Å². The molecule has 2 unspecified atom stereocenters. The molecule has 1 saturated heterocycles. The molecule has 2 N–H and O–H groups in total. The molecule has 0 aromatic carbocycles. The molecule has 3 atom stereocenters. The van der Waals surface area contributed by atoms with E-state index in [4.69, 9.17) is 24.0 Å². The maximum absolute atomic E-state index is 12.4. The van der Waals surface area contributed by atoms with Gasteiger partial charge < -0.3 is 24.0 Å². The largest absolute Gasteiger partial charge is 0.469 e. The van der Waals surface area contributed by atoms with Crippen molar-refractivity contribution in [3.63, 3.8) is 0 Å². The maximum atomic E-state index is 12.4. The standard InChI is InChI=1S/C47H71O9P/c1-3-5-7-8-9-10-11-12-13-14-15-16-17-18-23-26-29-32-36-40-47(49)55-43(42-54-57(50,51)52)41-53-46(48)39-35-31-28-25-22-20-19-21-24-27-30-34-38-45-44(56-45)37-33-6-4-2/h6,9-10,12-13,15-16,18,20-24,28-34,43-45H,3-5,7-8,11,14,17,19,25-27,35-42H2,1-2H3,(H2,50,51,52)/b10-9-,13-12-,16-15-,22-20-,23-18-,24-21-,31-28-,32-29-,33-6-,34-30-/t43-,44?,45?/m1/s1. The van der Waals surface area contributed by atoms with Crippen LogP contribution in [0.2, 0.25) is 0 Å². The van der Waals surface area contributed by atoms with E-state index >= 15 is 0 Å². The van der Waals surface area contributed by atoms with Crippen LogP contribution >= 0.6 is 7.82 Å². The number of esters is 2. The fourth-order valence-corrected chi connectivity index (χ4v) is 5.55. The Hall–Kier alpha value is -3.59. The summed E-state index contributed by atoms with van der Waals surface area (Å²) >= 11 is 0. The molecule has 1 rings (SSSR count). The predicted molar refractivity (Wildman–Crippen MR) is 233 cm³/mol. The number of carbonyl (C=O) groups is 2. The van der Waals surface area contributed by atoms with Crippen molar-refractivity contribution in [1.29, 1.82) is 0 Å². The van der Waals surface area contributed by atoms with Crippen molar-refractivity contribution in [1.82, 2.24) is 0 Å². The molecule has 0 amide bonds. The number of phosphoric acid groups is 1. The molecule has 0 aliphatic carbocycles. The van der Waals surface area contributed by atoms with E-state index in [2.05, 4.69) is 116 Å². The predicted octanol–water partition coefficient (Wildman–Crippen LogP) is 11.9. The molecule has 1 fully saturated rings.